The van der Waals surface area contributed by atoms with Crippen LogP contribution in [0, 0.1) is 11.8 Å². The number of aromatic nitrogens is 2. The van der Waals surface area contributed by atoms with E-state index in [1.165, 1.54) is 6.20 Å². The van der Waals surface area contributed by atoms with Crippen molar-refractivity contribution in [1.82, 2.24) is 14.9 Å². The van der Waals surface area contributed by atoms with E-state index in [-0.39, 0.29) is 31.3 Å². The van der Waals surface area contributed by atoms with Gasteiger partial charge in [0.25, 0.3) is 5.91 Å². The van der Waals surface area contributed by atoms with Gasteiger partial charge in [0, 0.05) is 40.7 Å². The predicted molar refractivity (Wildman–Crippen MR) is 141 cm³/mol. The minimum Gasteiger partial charge on any atom is -0.394 e. The Morgan fingerprint density at radius 3 is 2.47 bits per heavy atom. The van der Waals surface area contributed by atoms with Gasteiger partial charge in [-0.15, -0.1) is 0 Å². The van der Waals surface area contributed by atoms with Gasteiger partial charge >= 0.3 is 6.18 Å². The monoisotopic (exact) mass is 549 g/mol. The Kier molecular flexibility index (Phi) is 8.92. The number of carbonyl (C=O) groups is 1. The molecule has 2 N–H and O–H groups in total. The first-order chi connectivity index (χ1) is 18.1. The van der Waals surface area contributed by atoms with Crippen LogP contribution in [-0.4, -0.2) is 43.3 Å². The second-order valence-corrected chi connectivity index (χ2v) is 11.6. The lowest BCUT2D eigenvalue weighted by atomic mass is 9.79. The number of carbonyl (C=O) groups excluding carboxylic acids is 1. The first-order valence-electron chi connectivity index (χ1n) is 13.1. The molecule has 1 fully saturated rings. The molecule has 6 nitrogen and oxygen atoms in total. The Labute approximate surface area is 223 Å². The number of rotatable bonds is 9. The quantitative estimate of drug-likeness (QED) is 0.366. The van der Waals surface area contributed by atoms with E-state index in [0.29, 0.717) is 41.2 Å². The molecule has 0 spiro atoms. The Morgan fingerprint density at radius 2 is 1.89 bits per heavy atom. The topological polar surface area (TPSA) is 84.2 Å². The second-order valence-electron chi connectivity index (χ2n) is 9.88. The third-order valence-corrected chi connectivity index (χ3v) is 8.79. The summed E-state index contributed by atoms with van der Waals surface area (Å²) in [7, 11) is -1.14. The summed E-state index contributed by atoms with van der Waals surface area (Å²) in [6.07, 6.45) is -0.393. The Morgan fingerprint density at radius 1 is 1.16 bits per heavy atom. The van der Waals surface area contributed by atoms with Crippen molar-refractivity contribution in [3.05, 3.63) is 59.5 Å². The van der Waals surface area contributed by atoms with Crippen LogP contribution in [0.3, 0.4) is 0 Å². The first kappa shape index (κ1) is 28.3. The van der Waals surface area contributed by atoms with E-state index in [9.17, 15) is 27.3 Å². The average Bonchev–Trinajstić information content (AvgIpc) is 3.27. The fraction of sp³-hybridized carbons (Fsp3) is 0.500. The molecular formula is C28H34F3N3O3S. The van der Waals surface area contributed by atoms with Gasteiger partial charge in [-0.05, 0) is 81.3 Å². The van der Waals surface area contributed by atoms with Crippen LogP contribution in [0.2, 0.25) is 0 Å². The van der Waals surface area contributed by atoms with Crippen LogP contribution in [-0.2, 0) is 23.8 Å². The zero-order valence-electron chi connectivity index (χ0n) is 21.6. The van der Waals surface area contributed by atoms with Crippen LogP contribution < -0.4 is 5.32 Å². The Bertz CT molecular complexity index is 1280. The molecule has 0 radical (unpaired) electrons. The van der Waals surface area contributed by atoms with Gasteiger partial charge in [0.2, 0.25) is 0 Å². The summed E-state index contributed by atoms with van der Waals surface area (Å²) in [4.78, 5) is 17.9. The summed E-state index contributed by atoms with van der Waals surface area (Å²) in [6.45, 7) is 4.23. The molecule has 10 heteroatoms. The number of hydrogen-bond donors (Lipinski definition) is 2. The van der Waals surface area contributed by atoms with E-state index in [0.717, 1.165) is 23.1 Å². The van der Waals surface area contributed by atoms with Gasteiger partial charge < -0.3 is 15.0 Å². The van der Waals surface area contributed by atoms with Gasteiger partial charge in [-0.2, -0.15) is 13.2 Å². The summed E-state index contributed by atoms with van der Waals surface area (Å²) in [6, 6.07) is 10.1. The maximum Gasteiger partial charge on any atom is 0.391 e. The highest BCUT2D eigenvalue weighted by atomic mass is 32.2. The molecule has 1 saturated carbocycles. The van der Waals surface area contributed by atoms with Gasteiger partial charge in [0.1, 0.15) is 0 Å². The number of nitrogens with one attached hydrogen (secondary N) is 1. The normalized spacial score (nSPS) is 19.8. The predicted octanol–water partition coefficient (Wildman–Crippen LogP) is 5.56. The lowest BCUT2D eigenvalue weighted by Gasteiger charge is -2.30. The fourth-order valence-corrected chi connectivity index (χ4v) is 6.08. The molecule has 1 aliphatic carbocycles. The van der Waals surface area contributed by atoms with Crippen molar-refractivity contribution in [1.29, 1.82) is 0 Å². The van der Waals surface area contributed by atoms with E-state index >= 15 is 0 Å². The van der Waals surface area contributed by atoms with E-state index < -0.39 is 28.9 Å². The lowest BCUT2D eigenvalue weighted by Crippen LogP contribution is -2.31. The van der Waals surface area contributed by atoms with E-state index in [1.54, 1.807) is 24.3 Å². The molecule has 38 heavy (non-hydrogen) atoms. The number of nitrogens with zero attached hydrogens (tertiary/aromatic N) is 2. The standard InChI is InChI=1S/C28H34F3N3O3S/c1-3-34-22(13-18-5-8-21(9-6-18)28(29,30)31)15-20-14-19(7-12-26(20)34)27(36)33-25(17-35)24-11-10-23(16-32-24)38(37)4-2/h7,10-12,14-16,18,21,25,35H,3-6,8-9,13,17H2,1-2H3,(H,33,36)/t18?,21?,25-,38?/m0/s1. The maximum absolute atomic E-state index is 13.0. The van der Waals surface area contributed by atoms with Gasteiger partial charge in [-0.3, -0.25) is 14.0 Å². The molecule has 1 aromatic carbocycles. The zero-order chi connectivity index (χ0) is 27.4. The smallest absolute Gasteiger partial charge is 0.391 e. The first-order valence-corrected chi connectivity index (χ1v) is 14.4. The van der Waals surface area contributed by atoms with E-state index in [2.05, 4.69) is 14.9 Å². The molecule has 0 saturated heterocycles. The number of halogens is 3. The largest absolute Gasteiger partial charge is 0.394 e. The van der Waals surface area contributed by atoms with Gasteiger partial charge in [0.05, 0.1) is 40.0 Å². The molecule has 0 aliphatic heterocycles. The third-order valence-electron chi connectivity index (χ3n) is 7.50. The van der Waals surface area contributed by atoms with Crippen LogP contribution in [0.4, 0.5) is 13.2 Å². The van der Waals surface area contributed by atoms with Crippen molar-refractivity contribution < 1.29 is 27.3 Å². The van der Waals surface area contributed by atoms with Crippen LogP contribution in [0.15, 0.2) is 47.5 Å². The van der Waals surface area contributed by atoms with Crippen LogP contribution >= 0.6 is 0 Å². The van der Waals surface area contributed by atoms with Gasteiger partial charge in [0.15, 0.2) is 0 Å². The average molecular weight is 550 g/mol. The molecule has 1 aliphatic rings. The molecule has 2 heterocycles. The summed E-state index contributed by atoms with van der Waals surface area (Å²) in [5, 5.41) is 13.6. The van der Waals surface area contributed by atoms with Crippen molar-refractivity contribution in [3.8, 4) is 0 Å². The highest BCUT2D eigenvalue weighted by Gasteiger charge is 2.41. The maximum atomic E-state index is 13.0. The summed E-state index contributed by atoms with van der Waals surface area (Å²) >= 11 is 0. The zero-order valence-corrected chi connectivity index (χ0v) is 22.4. The summed E-state index contributed by atoms with van der Waals surface area (Å²) in [5.74, 6) is -0.854. The van der Waals surface area contributed by atoms with Crippen LogP contribution in [0.25, 0.3) is 10.9 Å². The van der Waals surface area contributed by atoms with Crippen molar-refractivity contribution >= 4 is 27.6 Å². The highest BCUT2D eigenvalue weighted by molar-refractivity contribution is 7.85. The molecular weight excluding hydrogens is 515 g/mol. The molecule has 3 aromatic rings. The van der Waals surface area contributed by atoms with E-state index in [1.807, 2.05) is 26.0 Å². The number of hydrogen-bond acceptors (Lipinski definition) is 4. The number of alkyl halides is 3. The minimum atomic E-state index is -4.11. The summed E-state index contributed by atoms with van der Waals surface area (Å²) in [5.41, 5.74) is 2.95. The lowest BCUT2D eigenvalue weighted by molar-refractivity contribution is -0.183. The summed E-state index contributed by atoms with van der Waals surface area (Å²) < 4.78 is 53.3. The molecule has 2 aromatic heterocycles. The van der Waals surface area contributed by atoms with E-state index in [4.69, 9.17) is 0 Å². The number of amides is 1. The highest BCUT2D eigenvalue weighted by Crippen LogP contribution is 2.40. The van der Waals surface area contributed by atoms with Crippen molar-refractivity contribution in [3.63, 3.8) is 0 Å². The van der Waals surface area contributed by atoms with Gasteiger partial charge in [-0.25, -0.2) is 0 Å². The Balaban J connectivity index is 1.47. The van der Waals surface area contributed by atoms with Crippen molar-refractivity contribution in [2.45, 2.75) is 69.6 Å². The molecule has 4 rings (SSSR count). The fourth-order valence-electron chi connectivity index (χ4n) is 5.36. The second kappa shape index (κ2) is 12.0. The minimum absolute atomic E-state index is 0.185. The molecule has 206 valence electrons. The molecule has 1 amide bonds. The van der Waals surface area contributed by atoms with Crippen molar-refractivity contribution in [2.75, 3.05) is 12.4 Å². The van der Waals surface area contributed by atoms with Crippen LogP contribution in [0.5, 0.6) is 0 Å². The number of pyridine rings is 1. The number of fused-ring (bicyclic) bond motifs is 1. The number of aliphatic hydroxyl groups is 1. The SMILES string of the molecule is CCn1c(CC2CCC(C(F)(F)F)CC2)cc2cc(C(=O)N[C@@H](CO)c3ccc(S(=O)CC)cn3)ccc21. The Hall–Kier alpha value is -2.72. The number of benzene rings is 1. The molecule has 1 unspecified atom stereocenters. The van der Waals surface area contributed by atoms with Crippen molar-refractivity contribution in [2.24, 2.45) is 11.8 Å². The molecule has 0 bridgehead atoms. The number of aliphatic hydroxyl groups excluding tert-OH is 1. The number of aryl methyl sites for hydroxylation is 1. The van der Waals surface area contributed by atoms with Gasteiger partial charge in [-0.1, -0.05) is 6.92 Å². The third kappa shape index (κ3) is 6.29. The molecule has 2 atom stereocenters. The van der Waals surface area contributed by atoms with Crippen LogP contribution in [0.1, 0.15) is 67.3 Å².